The van der Waals surface area contributed by atoms with Gasteiger partial charge >= 0.3 is 23.9 Å². The van der Waals surface area contributed by atoms with E-state index in [0.29, 0.717) is 19.3 Å². The molecular formula is C24H36O16. The lowest BCUT2D eigenvalue weighted by Gasteiger charge is -2.46. The minimum atomic E-state index is -1.78. The molecule has 2 spiro atoms. The lowest BCUT2D eigenvalue weighted by Crippen LogP contribution is -2.64. The van der Waals surface area contributed by atoms with Crippen LogP contribution in [0.4, 0.5) is 0 Å². The summed E-state index contributed by atoms with van der Waals surface area (Å²) in [6.07, 6.45) is -3.27. The number of aliphatic hydroxyl groups excluding tert-OH is 2. The van der Waals surface area contributed by atoms with Gasteiger partial charge in [-0.05, 0) is 25.7 Å². The van der Waals surface area contributed by atoms with Crippen molar-refractivity contribution in [3.63, 3.8) is 0 Å². The topological polar surface area (TPSA) is 245 Å². The third-order valence-corrected chi connectivity index (χ3v) is 7.74. The maximum Gasteiger partial charge on any atom is 0.338 e. The standard InChI is InChI=1S/C12H16O9.C12H20O7/c1-2-11(10(17)18)5-19-12(7(21-11)9(15)16)4-3-6(20-12)8(13)14;1-2-11(6-14)7-17-12(9(19-11)10(15)16)4-3-8(5-13)18-12/h6-7H,2-5H2,1H3,(H,13,14)(H,15,16)(H,17,18);8-9,13-14H,2-7H2,1H3,(H,15,16)/t6-,7?,11?,12-;8-,9?,11?,12-/m11/s1. The summed E-state index contributed by atoms with van der Waals surface area (Å²) < 4.78 is 32.6. The summed E-state index contributed by atoms with van der Waals surface area (Å²) in [6, 6.07) is 0. The molecule has 4 aliphatic heterocycles. The number of rotatable bonds is 8. The summed E-state index contributed by atoms with van der Waals surface area (Å²) in [5.41, 5.74) is -2.78. The first-order valence-corrected chi connectivity index (χ1v) is 12.9. The van der Waals surface area contributed by atoms with Gasteiger partial charge in [-0.3, -0.25) is 0 Å². The number of aliphatic carboxylic acids is 4. The Labute approximate surface area is 228 Å². The molecule has 40 heavy (non-hydrogen) atoms. The van der Waals surface area contributed by atoms with Gasteiger partial charge in [0.2, 0.25) is 23.8 Å². The van der Waals surface area contributed by atoms with Gasteiger partial charge in [0.15, 0.2) is 11.7 Å². The van der Waals surface area contributed by atoms with Crippen LogP contribution in [0.15, 0.2) is 0 Å². The first kappa shape index (κ1) is 32.1. The van der Waals surface area contributed by atoms with E-state index >= 15 is 0 Å². The van der Waals surface area contributed by atoms with Crippen molar-refractivity contribution in [2.45, 2.75) is 99.6 Å². The molecular weight excluding hydrogens is 544 g/mol. The van der Waals surface area contributed by atoms with E-state index in [-0.39, 0.29) is 39.1 Å². The monoisotopic (exact) mass is 580 g/mol. The minimum absolute atomic E-state index is 0.000344. The van der Waals surface area contributed by atoms with Crippen molar-refractivity contribution in [2.75, 3.05) is 26.4 Å². The van der Waals surface area contributed by atoms with E-state index < -0.39 is 77.7 Å². The zero-order valence-corrected chi connectivity index (χ0v) is 22.1. The predicted molar refractivity (Wildman–Crippen MR) is 126 cm³/mol. The van der Waals surface area contributed by atoms with Gasteiger partial charge < -0.3 is 59.1 Å². The van der Waals surface area contributed by atoms with Crippen LogP contribution in [0.2, 0.25) is 0 Å². The molecule has 8 atom stereocenters. The Morgan fingerprint density at radius 2 is 1.30 bits per heavy atom. The van der Waals surface area contributed by atoms with Gasteiger partial charge in [0.25, 0.3) is 0 Å². The minimum Gasteiger partial charge on any atom is -0.479 e. The quantitative estimate of drug-likeness (QED) is 0.205. The highest BCUT2D eigenvalue weighted by molar-refractivity contribution is 5.80. The average Bonchev–Trinajstić information content (AvgIpc) is 3.55. The zero-order valence-electron chi connectivity index (χ0n) is 22.1. The van der Waals surface area contributed by atoms with Gasteiger partial charge in [-0.15, -0.1) is 0 Å². The molecule has 0 aromatic rings. The fourth-order valence-corrected chi connectivity index (χ4v) is 5.03. The maximum atomic E-state index is 11.4. The second kappa shape index (κ2) is 12.2. The lowest BCUT2D eigenvalue weighted by molar-refractivity contribution is -0.356. The largest absolute Gasteiger partial charge is 0.479 e. The SMILES string of the molecule is CCC1(C(=O)O)CO[C@@]2(CC[C@H](C(=O)O)O2)C(C(=O)O)O1.CCC1(CO)CO[C@@]2(CC[C@H](CO)O2)C(C(=O)O)O1. The van der Waals surface area contributed by atoms with E-state index in [0.717, 1.165) is 0 Å². The van der Waals surface area contributed by atoms with Crippen molar-refractivity contribution in [3.05, 3.63) is 0 Å². The highest BCUT2D eigenvalue weighted by Crippen LogP contribution is 2.43. The molecule has 4 unspecified atom stereocenters. The van der Waals surface area contributed by atoms with Crippen LogP contribution in [0.5, 0.6) is 0 Å². The first-order valence-electron chi connectivity index (χ1n) is 12.9. The Morgan fingerprint density at radius 1 is 0.725 bits per heavy atom. The second-order valence-electron chi connectivity index (χ2n) is 10.2. The van der Waals surface area contributed by atoms with Gasteiger partial charge in [0.05, 0.1) is 32.5 Å². The summed E-state index contributed by atoms with van der Waals surface area (Å²) in [5, 5.41) is 55.2. The number of carboxylic acid groups (broad SMARTS) is 4. The van der Waals surface area contributed by atoms with E-state index in [2.05, 4.69) is 0 Å². The molecule has 4 rings (SSSR count). The van der Waals surface area contributed by atoms with E-state index in [1.807, 2.05) is 0 Å². The summed E-state index contributed by atoms with van der Waals surface area (Å²) in [4.78, 5) is 45.0. The smallest absolute Gasteiger partial charge is 0.338 e. The lowest BCUT2D eigenvalue weighted by atomic mass is 9.96. The molecule has 0 amide bonds. The molecule has 0 bridgehead atoms. The molecule has 0 aromatic carbocycles. The van der Waals surface area contributed by atoms with Crippen LogP contribution in [0, 0.1) is 0 Å². The summed E-state index contributed by atoms with van der Waals surface area (Å²) >= 11 is 0. The van der Waals surface area contributed by atoms with Gasteiger partial charge in [-0.2, -0.15) is 0 Å². The molecule has 6 N–H and O–H groups in total. The number of carboxylic acids is 4. The molecule has 228 valence electrons. The average molecular weight is 581 g/mol. The number of hydrogen-bond acceptors (Lipinski definition) is 12. The number of hydrogen-bond donors (Lipinski definition) is 6. The first-order chi connectivity index (χ1) is 18.8. The molecule has 0 aliphatic carbocycles. The Hall–Kier alpha value is -2.44. The van der Waals surface area contributed by atoms with Gasteiger partial charge in [0.1, 0.15) is 5.60 Å². The Kier molecular flexibility index (Phi) is 9.78. The highest BCUT2D eigenvalue weighted by Gasteiger charge is 2.62. The summed E-state index contributed by atoms with van der Waals surface area (Å²) in [6.45, 7) is 2.49. The second-order valence-corrected chi connectivity index (χ2v) is 10.2. The van der Waals surface area contributed by atoms with Crippen LogP contribution in [0.3, 0.4) is 0 Å². The Balaban J connectivity index is 0.000000222. The fraction of sp³-hybridized carbons (Fsp3) is 0.833. The Morgan fingerprint density at radius 3 is 1.75 bits per heavy atom. The highest BCUT2D eigenvalue weighted by atomic mass is 16.8. The maximum absolute atomic E-state index is 11.4. The van der Waals surface area contributed by atoms with Crippen LogP contribution in [0.1, 0.15) is 52.4 Å². The van der Waals surface area contributed by atoms with Crippen molar-refractivity contribution in [1.82, 2.24) is 0 Å². The van der Waals surface area contributed by atoms with Crippen LogP contribution < -0.4 is 0 Å². The van der Waals surface area contributed by atoms with Crippen LogP contribution >= 0.6 is 0 Å². The fourth-order valence-electron chi connectivity index (χ4n) is 5.03. The molecule has 16 nitrogen and oxygen atoms in total. The van der Waals surface area contributed by atoms with Crippen LogP contribution in [-0.4, -0.2) is 128 Å². The van der Waals surface area contributed by atoms with Crippen LogP contribution in [0.25, 0.3) is 0 Å². The van der Waals surface area contributed by atoms with Crippen molar-refractivity contribution >= 4 is 23.9 Å². The van der Waals surface area contributed by atoms with E-state index in [1.165, 1.54) is 6.92 Å². The molecule has 4 aliphatic rings. The van der Waals surface area contributed by atoms with E-state index in [4.69, 9.17) is 38.6 Å². The van der Waals surface area contributed by atoms with Crippen molar-refractivity contribution in [1.29, 1.82) is 0 Å². The van der Waals surface area contributed by atoms with Gasteiger partial charge in [-0.1, -0.05) is 13.8 Å². The van der Waals surface area contributed by atoms with Gasteiger partial charge in [0, 0.05) is 12.8 Å². The van der Waals surface area contributed by atoms with Crippen LogP contribution in [-0.2, 0) is 47.6 Å². The predicted octanol–water partition coefficient (Wildman–Crippen LogP) is -0.825. The number of ether oxygens (including phenoxy) is 6. The number of aliphatic hydroxyl groups is 2. The third-order valence-electron chi connectivity index (χ3n) is 7.74. The van der Waals surface area contributed by atoms with Crippen molar-refractivity contribution in [3.8, 4) is 0 Å². The molecule has 4 saturated heterocycles. The van der Waals surface area contributed by atoms with Crippen molar-refractivity contribution < 1.29 is 78.2 Å². The molecule has 4 heterocycles. The zero-order chi connectivity index (χ0) is 29.9. The van der Waals surface area contributed by atoms with Crippen molar-refractivity contribution in [2.24, 2.45) is 0 Å². The molecule has 0 aromatic heterocycles. The normalized spacial score (nSPS) is 40.9. The Bertz CT molecular complexity index is 967. The molecule has 0 saturated carbocycles. The third kappa shape index (κ3) is 5.94. The van der Waals surface area contributed by atoms with Gasteiger partial charge in [-0.25, -0.2) is 19.2 Å². The van der Waals surface area contributed by atoms with E-state index in [9.17, 15) is 39.6 Å². The molecule has 0 radical (unpaired) electrons. The summed E-state index contributed by atoms with van der Waals surface area (Å²) in [7, 11) is 0. The molecule has 4 fully saturated rings. The van der Waals surface area contributed by atoms with E-state index in [1.54, 1.807) is 6.92 Å². The number of carbonyl (C=O) groups is 4. The molecule has 16 heteroatoms. The summed E-state index contributed by atoms with van der Waals surface area (Å²) in [5.74, 6) is -8.33.